The van der Waals surface area contributed by atoms with Crippen LogP contribution < -0.4 is 4.90 Å². The maximum absolute atomic E-state index is 5.04. The minimum atomic E-state index is 0.962. The zero-order chi connectivity index (χ0) is 23.1. The van der Waals surface area contributed by atoms with Crippen LogP contribution in [0.3, 0.4) is 0 Å². The van der Waals surface area contributed by atoms with Crippen LogP contribution in [0.25, 0.3) is 38.9 Å². The molecule has 0 bridgehead atoms. The predicted octanol–water partition coefficient (Wildman–Crippen LogP) is 7.92. The Kier molecular flexibility index (Phi) is 4.88. The molecule has 0 saturated heterocycles. The number of hydrogen-bond acceptors (Lipinski definition) is 2. The van der Waals surface area contributed by atoms with Crippen LogP contribution in [-0.4, -0.2) is 16.6 Å². The summed E-state index contributed by atoms with van der Waals surface area (Å²) in [5.74, 6) is 0.962. The van der Waals surface area contributed by atoms with Gasteiger partial charge < -0.3 is 4.90 Å². The highest BCUT2D eigenvalue weighted by Gasteiger charge is 2.17. The first-order valence-electron chi connectivity index (χ1n) is 11.6. The molecule has 164 valence electrons. The number of para-hydroxylation sites is 3. The van der Waals surface area contributed by atoms with Gasteiger partial charge in [-0.1, -0.05) is 66.7 Å². The van der Waals surface area contributed by atoms with Crippen molar-refractivity contribution in [3.05, 3.63) is 121 Å². The number of benzene rings is 5. The molecule has 6 aromatic rings. The van der Waals surface area contributed by atoms with Crippen molar-refractivity contribution in [2.75, 3.05) is 11.9 Å². The Labute approximate surface area is 199 Å². The fourth-order valence-electron chi connectivity index (χ4n) is 4.79. The summed E-state index contributed by atoms with van der Waals surface area (Å²) in [7, 11) is 2.13. The molecule has 0 fully saturated rings. The number of aryl methyl sites for hydroxylation is 1. The minimum absolute atomic E-state index is 0.962. The van der Waals surface area contributed by atoms with Crippen LogP contribution in [0.5, 0.6) is 0 Å². The van der Waals surface area contributed by atoms with Crippen molar-refractivity contribution in [2.24, 2.45) is 0 Å². The molecule has 0 spiro atoms. The maximum atomic E-state index is 5.04. The molecule has 5 aromatic carbocycles. The molecular weight excluding hydrogens is 414 g/mol. The van der Waals surface area contributed by atoms with Crippen LogP contribution in [-0.2, 0) is 0 Å². The van der Waals surface area contributed by atoms with Crippen molar-refractivity contribution in [2.45, 2.75) is 6.92 Å². The first-order chi connectivity index (χ1) is 16.7. The van der Waals surface area contributed by atoms with Crippen LogP contribution in [0.15, 0.2) is 115 Å². The van der Waals surface area contributed by atoms with E-state index in [2.05, 4.69) is 127 Å². The van der Waals surface area contributed by atoms with Gasteiger partial charge in [-0.3, -0.25) is 4.57 Å². The second kappa shape index (κ2) is 8.20. The molecule has 0 atom stereocenters. The van der Waals surface area contributed by atoms with Crippen LogP contribution in [0.1, 0.15) is 5.56 Å². The average molecular weight is 440 g/mol. The lowest BCUT2D eigenvalue weighted by molar-refractivity contribution is 1.10. The van der Waals surface area contributed by atoms with Crippen LogP contribution >= 0.6 is 0 Å². The Hall–Kier alpha value is -4.37. The van der Waals surface area contributed by atoms with Crippen molar-refractivity contribution in [3.63, 3.8) is 0 Å². The molecule has 34 heavy (non-hydrogen) atoms. The third kappa shape index (κ3) is 3.34. The van der Waals surface area contributed by atoms with Gasteiger partial charge in [0, 0.05) is 35.1 Å². The molecule has 0 aliphatic rings. The molecule has 0 N–H and O–H groups in total. The molecule has 3 heteroatoms. The highest BCUT2D eigenvalue weighted by molar-refractivity contribution is 5.96. The third-order valence-corrected chi connectivity index (χ3v) is 6.54. The van der Waals surface area contributed by atoms with Gasteiger partial charge in [-0.15, -0.1) is 0 Å². The van der Waals surface area contributed by atoms with E-state index in [1.807, 2.05) is 12.1 Å². The highest BCUT2D eigenvalue weighted by Crippen LogP contribution is 2.35. The lowest BCUT2D eigenvalue weighted by atomic mass is 10.0. The summed E-state index contributed by atoms with van der Waals surface area (Å²) in [5.41, 5.74) is 7.90. The largest absolute Gasteiger partial charge is 0.344 e. The molecule has 0 unspecified atom stereocenters. The number of hydrogen-bond donors (Lipinski definition) is 0. The SMILES string of the molecule is Cc1cc(N(C)c2cccc3ccccc23)ccc1-c1nc2ccccc2n1-c1ccccc1. The van der Waals surface area contributed by atoms with E-state index in [1.165, 1.54) is 22.0 Å². The lowest BCUT2D eigenvalue weighted by Crippen LogP contribution is -2.10. The molecule has 0 saturated carbocycles. The maximum Gasteiger partial charge on any atom is 0.145 e. The molecule has 1 heterocycles. The molecule has 0 radical (unpaired) electrons. The number of fused-ring (bicyclic) bond motifs is 2. The quantitative estimate of drug-likeness (QED) is 0.278. The highest BCUT2D eigenvalue weighted by atomic mass is 15.1. The van der Waals surface area contributed by atoms with Crippen molar-refractivity contribution >= 4 is 33.2 Å². The van der Waals surface area contributed by atoms with E-state index in [1.54, 1.807) is 0 Å². The van der Waals surface area contributed by atoms with Gasteiger partial charge in [-0.2, -0.15) is 0 Å². The Morgan fingerprint density at radius 3 is 2.29 bits per heavy atom. The minimum Gasteiger partial charge on any atom is -0.344 e. The number of nitrogens with zero attached hydrogens (tertiary/aromatic N) is 3. The fraction of sp³-hybridized carbons (Fsp3) is 0.0645. The van der Waals surface area contributed by atoms with E-state index in [-0.39, 0.29) is 0 Å². The second-order valence-corrected chi connectivity index (χ2v) is 8.65. The summed E-state index contributed by atoms with van der Waals surface area (Å²) in [6, 6.07) is 40.4. The fourth-order valence-corrected chi connectivity index (χ4v) is 4.79. The Morgan fingerprint density at radius 1 is 0.706 bits per heavy atom. The molecule has 6 rings (SSSR count). The van der Waals surface area contributed by atoms with Gasteiger partial charge in [-0.25, -0.2) is 4.98 Å². The summed E-state index contributed by atoms with van der Waals surface area (Å²) in [6.07, 6.45) is 0. The zero-order valence-corrected chi connectivity index (χ0v) is 19.3. The van der Waals surface area contributed by atoms with Crippen molar-refractivity contribution in [1.82, 2.24) is 9.55 Å². The first kappa shape index (κ1) is 20.3. The normalized spacial score (nSPS) is 11.2. The predicted molar refractivity (Wildman–Crippen MR) is 143 cm³/mol. The smallest absolute Gasteiger partial charge is 0.145 e. The van der Waals surface area contributed by atoms with E-state index in [4.69, 9.17) is 4.98 Å². The number of imidazole rings is 1. The second-order valence-electron chi connectivity index (χ2n) is 8.65. The summed E-state index contributed by atoms with van der Waals surface area (Å²) in [5, 5.41) is 2.50. The monoisotopic (exact) mass is 439 g/mol. The average Bonchev–Trinajstić information content (AvgIpc) is 3.27. The number of aromatic nitrogens is 2. The number of rotatable bonds is 4. The Morgan fingerprint density at radius 2 is 1.44 bits per heavy atom. The zero-order valence-electron chi connectivity index (χ0n) is 19.3. The number of anilines is 2. The molecule has 3 nitrogen and oxygen atoms in total. The third-order valence-electron chi connectivity index (χ3n) is 6.54. The van der Waals surface area contributed by atoms with E-state index >= 15 is 0 Å². The first-order valence-corrected chi connectivity index (χ1v) is 11.6. The van der Waals surface area contributed by atoms with Gasteiger partial charge in [0.05, 0.1) is 11.0 Å². The van der Waals surface area contributed by atoms with E-state index in [9.17, 15) is 0 Å². The molecule has 0 amide bonds. The molecule has 0 aliphatic heterocycles. The van der Waals surface area contributed by atoms with E-state index in [0.717, 1.165) is 33.8 Å². The van der Waals surface area contributed by atoms with Crippen LogP contribution in [0.4, 0.5) is 11.4 Å². The molecular formula is C31H25N3. The van der Waals surface area contributed by atoms with Crippen molar-refractivity contribution < 1.29 is 0 Å². The van der Waals surface area contributed by atoms with Crippen LogP contribution in [0.2, 0.25) is 0 Å². The van der Waals surface area contributed by atoms with Crippen LogP contribution in [0, 0.1) is 6.92 Å². The molecule has 0 aliphatic carbocycles. The summed E-state index contributed by atoms with van der Waals surface area (Å²) in [6.45, 7) is 2.17. The van der Waals surface area contributed by atoms with Crippen molar-refractivity contribution in [1.29, 1.82) is 0 Å². The van der Waals surface area contributed by atoms with Gasteiger partial charge in [0.15, 0.2) is 0 Å². The summed E-state index contributed by atoms with van der Waals surface area (Å²) >= 11 is 0. The van der Waals surface area contributed by atoms with E-state index in [0.29, 0.717) is 0 Å². The topological polar surface area (TPSA) is 21.1 Å². The van der Waals surface area contributed by atoms with Gasteiger partial charge in [0.25, 0.3) is 0 Å². The van der Waals surface area contributed by atoms with Gasteiger partial charge in [0.2, 0.25) is 0 Å². The van der Waals surface area contributed by atoms with Gasteiger partial charge >= 0.3 is 0 Å². The lowest BCUT2D eigenvalue weighted by Gasteiger charge is -2.23. The standard InChI is InChI=1S/C31H25N3/c1-22-21-25(33(2)29-18-10-12-23-11-6-7-15-27(23)29)19-20-26(22)31-32-28-16-8-9-17-30(28)34(31)24-13-4-3-5-14-24/h3-21H,1-2H3. The molecule has 1 aromatic heterocycles. The Balaban J connectivity index is 1.47. The van der Waals surface area contributed by atoms with Gasteiger partial charge in [-0.05, 0) is 66.4 Å². The Bertz CT molecular complexity index is 1620. The van der Waals surface area contributed by atoms with E-state index < -0.39 is 0 Å². The van der Waals surface area contributed by atoms with Gasteiger partial charge in [0.1, 0.15) is 5.82 Å². The summed E-state index contributed by atoms with van der Waals surface area (Å²) in [4.78, 5) is 7.31. The summed E-state index contributed by atoms with van der Waals surface area (Å²) < 4.78 is 2.26. The van der Waals surface area contributed by atoms with Crippen molar-refractivity contribution in [3.8, 4) is 17.1 Å².